The van der Waals surface area contributed by atoms with Crippen LogP contribution in [0.2, 0.25) is 0 Å². The van der Waals surface area contributed by atoms with Crippen molar-refractivity contribution in [3.05, 3.63) is 12.3 Å². The zero-order chi connectivity index (χ0) is 9.07. The molecule has 0 unspecified atom stereocenters. The summed E-state index contributed by atoms with van der Waals surface area (Å²) in [5.41, 5.74) is 0. The monoisotopic (exact) mass is 172 g/mol. The molecule has 0 aromatic carbocycles. The van der Waals surface area contributed by atoms with E-state index in [0.29, 0.717) is 6.54 Å². The minimum atomic E-state index is 0.214. The number of hydrogen-bond acceptors (Lipinski definition) is 3. The van der Waals surface area contributed by atoms with E-state index >= 15 is 0 Å². The van der Waals surface area contributed by atoms with Gasteiger partial charge in [-0.05, 0) is 12.6 Å². The van der Waals surface area contributed by atoms with Crippen LogP contribution in [0.25, 0.3) is 0 Å². The van der Waals surface area contributed by atoms with Crippen LogP contribution in [-0.4, -0.2) is 31.3 Å². The maximum absolute atomic E-state index is 8.44. The molecule has 0 bridgehead atoms. The minimum absolute atomic E-state index is 0.214. The first-order chi connectivity index (χ1) is 5.91. The second-order valence-corrected chi connectivity index (χ2v) is 2.62. The van der Waals surface area contributed by atoms with Crippen LogP contribution in [0, 0.1) is 0 Å². The van der Waals surface area contributed by atoms with Gasteiger partial charge in [0.1, 0.15) is 0 Å². The molecule has 0 heterocycles. The molecule has 0 aliphatic heterocycles. The van der Waals surface area contributed by atoms with Gasteiger partial charge in [0.2, 0.25) is 0 Å². The van der Waals surface area contributed by atoms with Gasteiger partial charge in [-0.2, -0.15) is 0 Å². The van der Waals surface area contributed by atoms with Gasteiger partial charge in [0.25, 0.3) is 0 Å². The number of aliphatic hydroxyl groups is 1. The molecule has 0 fully saturated rings. The predicted molar refractivity (Wildman–Crippen MR) is 52.0 cm³/mol. The average molecular weight is 172 g/mol. The van der Waals surface area contributed by atoms with Crippen molar-refractivity contribution in [3.63, 3.8) is 0 Å². The topological polar surface area (TPSA) is 44.3 Å². The van der Waals surface area contributed by atoms with Gasteiger partial charge in [-0.25, -0.2) is 0 Å². The second-order valence-electron chi connectivity index (χ2n) is 2.62. The Balaban J connectivity index is 2.90. The van der Waals surface area contributed by atoms with E-state index in [1.54, 1.807) is 0 Å². The summed E-state index contributed by atoms with van der Waals surface area (Å²) in [5, 5.41) is 14.7. The molecular formula is C9H20N2O. The first-order valence-corrected chi connectivity index (χ1v) is 4.61. The average Bonchev–Trinajstić information content (AvgIpc) is 2.10. The van der Waals surface area contributed by atoms with Crippen molar-refractivity contribution in [2.45, 2.75) is 19.8 Å². The highest BCUT2D eigenvalue weighted by Crippen LogP contribution is 1.85. The Kier molecular flexibility index (Phi) is 9.99. The van der Waals surface area contributed by atoms with Crippen molar-refractivity contribution in [2.24, 2.45) is 0 Å². The van der Waals surface area contributed by atoms with E-state index < -0.39 is 0 Å². The fourth-order valence-electron chi connectivity index (χ4n) is 0.781. The lowest BCUT2D eigenvalue weighted by molar-refractivity contribution is 0.293. The van der Waals surface area contributed by atoms with E-state index in [-0.39, 0.29) is 6.61 Å². The summed E-state index contributed by atoms with van der Waals surface area (Å²) >= 11 is 0. The Morgan fingerprint density at radius 3 is 2.75 bits per heavy atom. The minimum Gasteiger partial charge on any atom is -0.395 e. The highest BCUT2D eigenvalue weighted by molar-refractivity contribution is 4.78. The molecule has 3 nitrogen and oxygen atoms in total. The maximum Gasteiger partial charge on any atom is 0.0555 e. The first-order valence-electron chi connectivity index (χ1n) is 4.61. The van der Waals surface area contributed by atoms with Crippen molar-refractivity contribution >= 4 is 0 Å². The van der Waals surface area contributed by atoms with E-state index in [1.807, 2.05) is 6.20 Å². The lowest BCUT2D eigenvalue weighted by Gasteiger charge is -2.01. The van der Waals surface area contributed by atoms with Crippen LogP contribution >= 0.6 is 0 Å². The molecule has 3 heteroatoms. The van der Waals surface area contributed by atoms with Crippen LogP contribution in [0.1, 0.15) is 19.8 Å². The predicted octanol–water partition coefficient (Wildman–Crippen LogP) is 0.472. The summed E-state index contributed by atoms with van der Waals surface area (Å²) in [7, 11) is 0. The van der Waals surface area contributed by atoms with Crippen LogP contribution in [0.5, 0.6) is 0 Å². The third-order valence-corrected chi connectivity index (χ3v) is 1.43. The molecule has 0 atom stereocenters. The van der Waals surface area contributed by atoms with Gasteiger partial charge in [0.15, 0.2) is 0 Å². The lowest BCUT2D eigenvalue weighted by Crippen LogP contribution is -2.26. The summed E-state index contributed by atoms with van der Waals surface area (Å²) < 4.78 is 0. The number of rotatable bonds is 8. The van der Waals surface area contributed by atoms with Gasteiger partial charge >= 0.3 is 0 Å². The van der Waals surface area contributed by atoms with Gasteiger partial charge in [-0.15, -0.1) is 0 Å². The van der Waals surface area contributed by atoms with Crippen LogP contribution in [0.4, 0.5) is 0 Å². The molecule has 12 heavy (non-hydrogen) atoms. The van der Waals surface area contributed by atoms with Gasteiger partial charge in [-0.3, -0.25) is 0 Å². The standard InChI is InChI=1S/C9H20N2O/c1-2-3-4-5-10-6-7-11-8-9-12/h4-5,10-12H,2-3,6-9H2,1H3/b5-4+. The molecule has 0 amide bonds. The molecule has 0 aliphatic rings. The summed E-state index contributed by atoms with van der Waals surface area (Å²) in [6.45, 7) is 4.87. The fraction of sp³-hybridized carbons (Fsp3) is 0.778. The van der Waals surface area contributed by atoms with E-state index in [4.69, 9.17) is 5.11 Å². The second kappa shape index (κ2) is 10.5. The molecule has 72 valence electrons. The third-order valence-electron chi connectivity index (χ3n) is 1.43. The highest BCUT2D eigenvalue weighted by atomic mass is 16.3. The number of hydrogen-bond donors (Lipinski definition) is 3. The number of nitrogens with one attached hydrogen (secondary N) is 2. The van der Waals surface area contributed by atoms with Crippen LogP contribution < -0.4 is 10.6 Å². The Hall–Kier alpha value is -0.540. The van der Waals surface area contributed by atoms with Gasteiger partial charge in [0, 0.05) is 19.6 Å². The molecule has 0 radical (unpaired) electrons. The van der Waals surface area contributed by atoms with Crippen molar-refractivity contribution in [1.82, 2.24) is 10.6 Å². The van der Waals surface area contributed by atoms with E-state index in [9.17, 15) is 0 Å². The summed E-state index contributed by atoms with van der Waals surface area (Å²) in [4.78, 5) is 0. The highest BCUT2D eigenvalue weighted by Gasteiger charge is 1.82. The molecular weight excluding hydrogens is 152 g/mol. The fourth-order valence-corrected chi connectivity index (χ4v) is 0.781. The number of allylic oxidation sites excluding steroid dienone is 1. The van der Waals surface area contributed by atoms with Crippen molar-refractivity contribution in [2.75, 3.05) is 26.2 Å². The first kappa shape index (κ1) is 11.5. The van der Waals surface area contributed by atoms with Crippen LogP contribution in [0.3, 0.4) is 0 Å². The van der Waals surface area contributed by atoms with Crippen molar-refractivity contribution < 1.29 is 5.11 Å². The van der Waals surface area contributed by atoms with Crippen LogP contribution in [0.15, 0.2) is 12.3 Å². The van der Waals surface area contributed by atoms with Gasteiger partial charge < -0.3 is 15.7 Å². The van der Waals surface area contributed by atoms with E-state index in [1.165, 1.54) is 6.42 Å². The summed E-state index contributed by atoms with van der Waals surface area (Å²) in [6.07, 6.45) is 6.45. The van der Waals surface area contributed by atoms with E-state index in [0.717, 1.165) is 19.5 Å². The summed E-state index contributed by atoms with van der Waals surface area (Å²) in [5.74, 6) is 0. The lowest BCUT2D eigenvalue weighted by atomic mass is 10.3. The van der Waals surface area contributed by atoms with E-state index in [2.05, 4.69) is 23.6 Å². The smallest absolute Gasteiger partial charge is 0.0555 e. The largest absolute Gasteiger partial charge is 0.395 e. The normalized spacial score (nSPS) is 10.8. The molecule has 0 spiro atoms. The molecule has 0 aromatic rings. The van der Waals surface area contributed by atoms with Gasteiger partial charge in [-0.1, -0.05) is 19.4 Å². The molecule has 0 rings (SSSR count). The molecule has 0 saturated carbocycles. The van der Waals surface area contributed by atoms with Crippen LogP contribution in [-0.2, 0) is 0 Å². The molecule has 3 N–H and O–H groups in total. The Labute approximate surface area is 74.9 Å². The summed E-state index contributed by atoms with van der Waals surface area (Å²) in [6, 6.07) is 0. The van der Waals surface area contributed by atoms with Gasteiger partial charge in [0.05, 0.1) is 6.61 Å². The molecule has 0 aliphatic carbocycles. The quantitative estimate of drug-likeness (QED) is 0.466. The zero-order valence-electron chi connectivity index (χ0n) is 7.84. The Bertz CT molecular complexity index is 105. The zero-order valence-corrected chi connectivity index (χ0v) is 7.84. The Morgan fingerprint density at radius 2 is 2.08 bits per heavy atom. The van der Waals surface area contributed by atoms with Crippen molar-refractivity contribution in [3.8, 4) is 0 Å². The third kappa shape index (κ3) is 9.46. The maximum atomic E-state index is 8.44. The Morgan fingerprint density at radius 1 is 1.25 bits per heavy atom. The molecule has 0 saturated heterocycles. The number of aliphatic hydroxyl groups excluding tert-OH is 1. The molecule has 0 aromatic heterocycles. The van der Waals surface area contributed by atoms with Crippen molar-refractivity contribution in [1.29, 1.82) is 0 Å². The SMILES string of the molecule is CCC/C=C/NCCNCCO. The number of unbranched alkanes of at least 4 members (excludes halogenated alkanes) is 1.